The molecule has 1 aromatic heterocycles. The van der Waals surface area contributed by atoms with E-state index >= 15 is 0 Å². The van der Waals surface area contributed by atoms with Crippen molar-refractivity contribution in [1.82, 2.24) is 14.5 Å². The largest absolute Gasteiger partial charge is 0.241 e. The Bertz CT molecular complexity index is 1250. The molecule has 8 nitrogen and oxygen atoms in total. The van der Waals surface area contributed by atoms with Crippen molar-refractivity contribution in [3.05, 3.63) is 71.5 Å². The molecule has 0 bridgehead atoms. The molecule has 10 heteroatoms. The zero-order valence-corrected chi connectivity index (χ0v) is 17.8. The summed E-state index contributed by atoms with van der Waals surface area (Å²) < 4.78 is 52.7. The zero-order valence-electron chi connectivity index (χ0n) is 16.2. The van der Waals surface area contributed by atoms with Gasteiger partial charge in [0.05, 0.1) is 21.2 Å². The van der Waals surface area contributed by atoms with Gasteiger partial charge in [0.2, 0.25) is 20.0 Å². The molecular formula is C19H22N4O4S2. The molecule has 1 heterocycles. The van der Waals surface area contributed by atoms with Gasteiger partial charge in [0.15, 0.2) is 0 Å². The normalized spacial score (nSPS) is 13.4. The number of primary sulfonamides is 1. The summed E-state index contributed by atoms with van der Waals surface area (Å²) in [5.41, 5.74) is 3.53. The molecule has 1 atom stereocenters. The van der Waals surface area contributed by atoms with Gasteiger partial charge in [0.25, 0.3) is 0 Å². The Hall–Kier alpha value is -2.53. The topological polar surface area (TPSA) is 124 Å². The first-order chi connectivity index (χ1) is 13.5. The van der Waals surface area contributed by atoms with Crippen LogP contribution in [0.1, 0.15) is 29.9 Å². The van der Waals surface area contributed by atoms with Crippen LogP contribution < -0.4 is 9.86 Å². The minimum Gasteiger partial charge on any atom is -0.238 e. The number of hydrogen-bond donors (Lipinski definition) is 2. The van der Waals surface area contributed by atoms with E-state index in [1.165, 1.54) is 18.2 Å². The SMILES string of the molecule is Cc1cc(C)n(-c2ccc([C@H](C)NS(=O)(=O)c3cccc(S(N)(=O)=O)c3)cc2)n1. The summed E-state index contributed by atoms with van der Waals surface area (Å²) in [6, 6.07) is 13.7. The van der Waals surface area contributed by atoms with Crippen LogP contribution in [0.25, 0.3) is 5.69 Å². The first kappa shape index (κ1) is 21.2. The Balaban J connectivity index is 1.82. The molecule has 0 aliphatic heterocycles. The summed E-state index contributed by atoms with van der Waals surface area (Å²) in [7, 11) is -7.94. The number of sulfonamides is 2. The summed E-state index contributed by atoms with van der Waals surface area (Å²) in [4.78, 5) is -0.433. The lowest BCUT2D eigenvalue weighted by atomic mass is 10.1. The van der Waals surface area contributed by atoms with Crippen LogP contribution in [0.4, 0.5) is 0 Å². The fourth-order valence-corrected chi connectivity index (χ4v) is 4.89. The van der Waals surface area contributed by atoms with E-state index in [-0.39, 0.29) is 9.79 Å². The van der Waals surface area contributed by atoms with Crippen molar-refractivity contribution in [2.45, 2.75) is 36.6 Å². The van der Waals surface area contributed by atoms with Gasteiger partial charge in [-0.05, 0) is 62.7 Å². The van der Waals surface area contributed by atoms with Crippen molar-refractivity contribution in [2.24, 2.45) is 5.14 Å². The number of hydrogen-bond acceptors (Lipinski definition) is 5. The lowest BCUT2D eigenvalue weighted by Gasteiger charge is -2.16. The fraction of sp³-hybridized carbons (Fsp3) is 0.211. The minimum absolute atomic E-state index is 0.171. The number of nitrogens with one attached hydrogen (secondary N) is 1. The van der Waals surface area contributed by atoms with E-state index in [0.717, 1.165) is 28.7 Å². The van der Waals surface area contributed by atoms with Gasteiger partial charge in [-0.15, -0.1) is 0 Å². The van der Waals surface area contributed by atoms with E-state index in [2.05, 4.69) is 9.82 Å². The van der Waals surface area contributed by atoms with E-state index in [1.807, 2.05) is 48.9 Å². The van der Waals surface area contributed by atoms with Crippen molar-refractivity contribution >= 4 is 20.0 Å². The summed E-state index contributed by atoms with van der Waals surface area (Å²) in [5, 5.41) is 9.51. The molecule has 2 aromatic carbocycles. The Morgan fingerprint density at radius 1 is 0.966 bits per heavy atom. The summed E-state index contributed by atoms with van der Waals surface area (Å²) >= 11 is 0. The Morgan fingerprint density at radius 2 is 1.59 bits per heavy atom. The van der Waals surface area contributed by atoms with Crippen LogP contribution in [-0.4, -0.2) is 26.6 Å². The van der Waals surface area contributed by atoms with Crippen LogP contribution in [-0.2, 0) is 20.0 Å². The van der Waals surface area contributed by atoms with E-state index in [9.17, 15) is 16.8 Å². The van der Waals surface area contributed by atoms with Gasteiger partial charge in [-0.25, -0.2) is 31.4 Å². The van der Waals surface area contributed by atoms with Gasteiger partial charge >= 0.3 is 0 Å². The van der Waals surface area contributed by atoms with Crippen LogP contribution in [0.15, 0.2) is 64.4 Å². The molecule has 0 saturated carbocycles. The molecule has 29 heavy (non-hydrogen) atoms. The predicted octanol–water partition coefficient (Wildman–Crippen LogP) is 2.18. The number of rotatable bonds is 6. The highest BCUT2D eigenvalue weighted by molar-refractivity contribution is 7.90. The van der Waals surface area contributed by atoms with Gasteiger partial charge in [0, 0.05) is 11.7 Å². The number of nitrogens with two attached hydrogens (primary N) is 1. The van der Waals surface area contributed by atoms with Crippen molar-refractivity contribution in [3.8, 4) is 5.69 Å². The molecule has 0 fully saturated rings. The third kappa shape index (κ3) is 4.73. The summed E-state index contributed by atoms with van der Waals surface area (Å²) in [6.07, 6.45) is 0. The highest BCUT2D eigenvalue weighted by Crippen LogP contribution is 2.21. The number of aryl methyl sites for hydroxylation is 2. The summed E-state index contributed by atoms with van der Waals surface area (Å²) in [6.45, 7) is 5.58. The highest BCUT2D eigenvalue weighted by atomic mass is 32.2. The Labute approximate surface area is 170 Å². The maximum atomic E-state index is 12.7. The molecule has 0 aliphatic rings. The number of aromatic nitrogens is 2. The van der Waals surface area contributed by atoms with Crippen LogP contribution in [0.2, 0.25) is 0 Å². The molecule has 0 amide bonds. The second-order valence-electron chi connectivity index (χ2n) is 6.79. The lowest BCUT2D eigenvalue weighted by Crippen LogP contribution is -2.27. The van der Waals surface area contributed by atoms with Crippen molar-refractivity contribution < 1.29 is 16.8 Å². The van der Waals surface area contributed by atoms with Gasteiger partial charge in [-0.1, -0.05) is 18.2 Å². The molecule has 154 valence electrons. The standard InChI is InChI=1S/C19H22N4O4S2/c1-13-11-14(2)23(21-13)17-9-7-16(8-10-17)15(3)22-29(26,27)19-6-4-5-18(12-19)28(20,24)25/h4-12,15,22H,1-3H3,(H2,20,24,25)/t15-/m0/s1. The molecule has 0 spiro atoms. The average molecular weight is 435 g/mol. The molecule has 3 N–H and O–H groups in total. The van der Waals surface area contributed by atoms with Gasteiger partial charge in [-0.2, -0.15) is 5.10 Å². The Kier molecular flexibility index (Phi) is 5.63. The molecule has 0 saturated heterocycles. The third-order valence-corrected chi connectivity index (χ3v) is 6.87. The second kappa shape index (κ2) is 7.71. The quantitative estimate of drug-likeness (QED) is 0.615. The molecule has 3 rings (SSSR count). The van der Waals surface area contributed by atoms with Crippen molar-refractivity contribution in [2.75, 3.05) is 0 Å². The lowest BCUT2D eigenvalue weighted by molar-refractivity contribution is 0.566. The van der Waals surface area contributed by atoms with Crippen molar-refractivity contribution in [1.29, 1.82) is 0 Å². The van der Waals surface area contributed by atoms with Crippen LogP contribution in [0, 0.1) is 13.8 Å². The van der Waals surface area contributed by atoms with E-state index < -0.39 is 26.1 Å². The van der Waals surface area contributed by atoms with Gasteiger partial charge in [0.1, 0.15) is 0 Å². The number of benzene rings is 2. The van der Waals surface area contributed by atoms with Gasteiger partial charge < -0.3 is 0 Å². The minimum atomic E-state index is -4.00. The van der Waals surface area contributed by atoms with E-state index in [1.54, 1.807) is 6.92 Å². The highest BCUT2D eigenvalue weighted by Gasteiger charge is 2.20. The third-order valence-electron chi connectivity index (χ3n) is 4.42. The molecule has 0 aliphatic carbocycles. The van der Waals surface area contributed by atoms with Crippen LogP contribution in [0.5, 0.6) is 0 Å². The summed E-state index contributed by atoms with van der Waals surface area (Å²) in [5.74, 6) is 0. The molecule has 0 radical (unpaired) electrons. The Morgan fingerprint density at radius 3 is 2.14 bits per heavy atom. The predicted molar refractivity (Wildman–Crippen MR) is 110 cm³/mol. The monoisotopic (exact) mass is 434 g/mol. The van der Waals surface area contributed by atoms with E-state index in [0.29, 0.717) is 0 Å². The fourth-order valence-electron chi connectivity index (χ4n) is 2.98. The molecular weight excluding hydrogens is 412 g/mol. The first-order valence-electron chi connectivity index (χ1n) is 8.76. The second-order valence-corrected chi connectivity index (χ2v) is 10.1. The van der Waals surface area contributed by atoms with Crippen LogP contribution >= 0.6 is 0 Å². The zero-order chi connectivity index (χ0) is 21.4. The smallest absolute Gasteiger partial charge is 0.238 e. The first-order valence-corrected chi connectivity index (χ1v) is 11.8. The van der Waals surface area contributed by atoms with Crippen LogP contribution in [0.3, 0.4) is 0 Å². The van der Waals surface area contributed by atoms with Crippen molar-refractivity contribution in [3.63, 3.8) is 0 Å². The maximum absolute atomic E-state index is 12.7. The van der Waals surface area contributed by atoms with Gasteiger partial charge in [-0.3, -0.25) is 0 Å². The molecule has 3 aromatic rings. The maximum Gasteiger partial charge on any atom is 0.241 e. The van der Waals surface area contributed by atoms with E-state index in [4.69, 9.17) is 5.14 Å². The number of nitrogens with zero attached hydrogens (tertiary/aromatic N) is 2. The molecule has 0 unspecified atom stereocenters. The average Bonchev–Trinajstić information content (AvgIpc) is 2.99.